The van der Waals surface area contributed by atoms with Crippen molar-refractivity contribution in [2.75, 3.05) is 0 Å². The van der Waals surface area contributed by atoms with Crippen LogP contribution >= 0.6 is 0 Å². The van der Waals surface area contributed by atoms with E-state index in [9.17, 15) is 0 Å². The van der Waals surface area contributed by atoms with Gasteiger partial charge in [-0.3, -0.25) is 0 Å². The molecule has 1 aliphatic rings. The van der Waals surface area contributed by atoms with Gasteiger partial charge in [-0.2, -0.15) is 5.26 Å². The SMILES string of the molecule is C=C(NCc1ccccc1C)C1CCCC1C#N.CC(C)c1ccccc1. The topological polar surface area (TPSA) is 35.8 Å². The van der Waals surface area contributed by atoms with Crippen molar-refractivity contribution in [3.05, 3.63) is 83.6 Å². The molecule has 2 unspecified atom stereocenters. The van der Waals surface area contributed by atoms with Gasteiger partial charge in [0.2, 0.25) is 0 Å². The molecule has 2 aromatic rings. The Morgan fingerprint density at radius 1 is 1.11 bits per heavy atom. The first-order chi connectivity index (χ1) is 13.0. The van der Waals surface area contributed by atoms with Crippen molar-refractivity contribution in [3.63, 3.8) is 0 Å². The third kappa shape index (κ3) is 6.29. The van der Waals surface area contributed by atoms with Crippen LogP contribution in [0.1, 0.15) is 55.7 Å². The van der Waals surface area contributed by atoms with E-state index in [1.807, 2.05) is 6.07 Å². The highest BCUT2D eigenvalue weighted by molar-refractivity contribution is 5.26. The summed E-state index contributed by atoms with van der Waals surface area (Å²) in [5.41, 5.74) is 5.03. The number of rotatable bonds is 5. The maximum Gasteiger partial charge on any atom is 0.0662 e. The second-order valence-electron chi connectivity index (χ2n) is 7.64. The number of aryl methyl sites for hydroxylation is 1. The zero-order chi connectivity index (χ0) is 19.6. The highest BCUT2D eigenvalue weighted by Crippen LogP contribution is 2.34. The van der Waals surface area contributed by atoms with E-state index < -0.39 is 0 Å². The largest absolute Gasteiger partial charge is 0.384 e. The van der Waals surface area contributed by atoms with Crippen LogP contribution in [0.15, 0.2) is 66.9 Å². The smallest absolute Gasteiger partial charge is 0.0662 e. The minimum atomic E-state index is 0.155. The summed E-state index contributed by atoms with van der Waals surface area (Å²) in [4.78, 5) is 0. The Hall–Kier alpha value is -2.53. The Morgan fingerprint density at radius 2 is 1.78 bits per heavy atom. The third-order valence-electron chi connectivity index (χ3n) is 5.36. The first kappa shape index (κ1) is 20.8. The number of hydrogen-bond acceptors (Lipinski definition) is 2. The summed E-state index contributed by atoms with van der Waals surface area (Å²) in [6.45, 7) is 11.4. The van der Waals surface area contributed by atoms with Crippen molar-refractivity contribution >= 4 is 0 Å². The summed E-state index contributed by atoms with van der Waals surface area (Å²) in [7, 11) is 0. The molecule has 0 aromatic heterocycles. The van der Waals surface area contributed by atoms with Gasteiger partial charge in [0.1, 0.15) is 0 Å². The first-order valence-corrected chi connectivity index (χ1v) is 9.94. The van der Waals surface area contributed by atoms with Gasteiger partial charge in [0.25, 0.3) is 0 Å². The zero-order valence-electron chi connectivity index (χ0n) is 16.9. The first-order valence-electron chi connectivity index (χ1n) is 9.94. The Labute approximate surface area is 164 Å². The third-order valence-corrected chi connectivity index (χ3v) is 5.36. The van der Waals surface area contributed by atoms with E-state index in [4.69, 9.17) is 5.26 Å². The van der Waals surface area contributed by atoms with Crippen molar-refractivity contribution in [3.8, 4) is 6.07 Å². The Bertz CT molecular complexity index is 755. The lowest BCUT2D eigenvalue weighted by Crippen LogP contribution is -2.21. The van der Waals surface area contributed by atoms with Gasteiger partial charge in [-0.15, -0.1) is 0 Å². The van der Waals surface area contributed by atoms with Crippen LogP contribution in [0.4, 0.5) is 0 Å². The monoisotopic (exact) mass is 360 g/mol. The summed E-state index contributed by atoms with van der Waals surface area (Å²) in [6.07, 6.45) is 3.26. The van der Waals surface area contributed by atoms with E-state index in [0.717, 1.165) is 31.5 Å². The fourth-order valence-electron chi connectivity index (χ4n) is 3.52. The molecule has 0 amide bonds. The van der Waals surface area contributed by atoms with Crippen LogP contribution in [-0.4, -0.2) is 0 Å². The highest BCUT2D eigenvalue weighted by atomic mass is 14.9. The zero-order valence-corrected chi connectivity index (χ0v) is 16.9. The molecule has 0 radical (unpaired) electrons. The molecule has 0 aliphatic heterocycles. The number of allylic oxidation sites excluding steroid dienone is 1. The number of nitriles is 1. The molecule has 142 valence electrons. The van der Waals surface area contributed by atoms with Crippen molar-refractivity contribution < 1.29 is 0 Å². The second-order valence-corrected chi connectivity index (χ2v) is 7.64. The van der Waals surface area contributed by atoms with Gasteiger partial charge >= 0.3 is 0 Å². The van der Waals surface area contributed by atoms with Crippen molar-refractivity contribution in [2.24, 2.45) is 11.8 Å². The molecule has 1 aliphatic carbocycles. The average Bonchev–Trinajstić information content (AvgIpc) is 3.17. The summed E-state index contributed by atoms with van der Waals surface area (Å²) in [6, 6.07) is 21.3. The molecule has 1 fully saturated rings. The molecule has 0 bridgehead atoms. The van der Waals surface area contributed by atoms with Crippen LogP contribution in [0, 0.1) is 30.1 Å². The lowest BCUT2D eigenvalue weighted by atomic mass is 9.94. The van der Waals surface area contributed by atoms with E-state index in [1.165, 1.54) is 16.7 Å². The molecule has 2 atom stereocenters. The molecule has 0 spiro atoms. The summed E-state index contributed by atoms with van der Waals surface area (Å²) < 4.78 is 0. The normalized spacial score (nSPS) is 18.3. The number of nitrogens with zero attached hydrogens (tertiary/aromatic N) is 1. The summed E-state index contributed by atoms with van der Waals surface area (Å²) in [5.74, 6) is 1.15. The number of hydrogen-bond donors (Lipinski definition) is 1. The Balaban J connectivity index is 0.000000244. The van der Waals surface area contributed by atoms with Crippen LogP contribution in [0.3, 0.4) is 0 Å². The molecule has 3 rings (SSSR count). The maximum absolute atomic E-state index is 9.10. The van der Waals surface area contributed by atoms with Crippen LogP contribution in [0.25, 0.3) is 0 Å². The molecule has 27 heavy (non-hydrogen) atoms. The van der Waals surface area contributed by atoms with Gasteiger partial charge in [0, 0.05) is 18.2 Å². The lowest BCUT2D eigenvalue weighted by molar-refractivity contribution is 0.502. The average molecular weight is 361 g/mol. The van der Waals surface area contributed by atoms with E-state index in [2.05, 4.69) is 87.3 Å². The van der Waals surface area contributed by atoms with Gasteiger partial charge in [-0.05, 0) is 42.4 Å². The van der Waals surface area contributed by atoms with E-state index in [0.29, 0.717) is 11.8 Å². The number of nitrogens with one attached hydrogen (secondary N) is 1. The second kappa shape index (κ2) is 10.6. The van der Waals surface area contributed by atoms with Gasteiger partial charge in [-0.1, -0.05) is 81.4 Å². The Morgan fingerprint density at radius 3 is 2.37 bits per heavy atom. The van der Waals surface area contributed by atoms with Crippen LogP contribution in [0.2, 0.25) is 0 Å². The lowest BCUT2D eigenvalue weighted by Gasteiger charge is -2.19. The van der Waals surface area contributed by atoms with Crippen LogP contribution < -0.4 is 5.32 Å². The molecular weight excluding hydrogens is 328 g/mol. The Kier molecular flexibility index (Phi) is 8.14. The van der Waals surface area contributed by atoms with Gasteiger partial charge in [0.05, 0.1) is 12.0 Å². The fourth-order valence-corrected chi connectivity index (χ4v) is 3.52. The van der Waals surface area contributed by atoms with Gasteiger partial charge in [-0.25, -0.2) is 0 Å². The molecule has 2 heteroatoms. The quantitative estimate of drug-likeness (QED) is 0.674. The molecular formula is C25H32N2. The molecule has 0 heterocycles. The van der Waals surface area contributed by atoms with Gasteiger partial charge in [0.15, 0.2) is 0 Å². The van der Waals surface area contributed by atoms with Crippen molar-refractivity contribution in [2.45, 2.75) is 52.5 Å². The van der Waals surface area contributed by atoms with E-state index >= 15 is 0 Å². The minimum absolute atomic E-state index is 0.155. The molecule has 2 aromatic carbocycles. The van der Waals surface area contributed by atoms with Crippen LogP contribution in [0.5, 0.6) is 0 Å². The molecule has 1 N–H and O–H groups in total. The van der Waals surface area contributed by atoms with Crippen molar-refractivity contribution in [1.82, 2.24) is 5.32 Å². The maximum atomic E-state index is 9.10. The number of benzene rings is 2. The predicted molar refractivity (Wildman–Crippen MR) is 114 cm³/mol. The van der Waals surface area contributed by atoms with E-state index in [1.54, 1.807) is 0 Å². The summed E-state index contributed by atoms with van der Waals surface area (Å²) in [5, 5.41) is 12.5. The molecule has 1 saturated carbocycles. The summed E-state index contributed by atoms with van der Waals surface area (Å²) >= 11 is 0. The van der Waals surface area contributed by atoms with E-state index in [-0.39, 0.29) is 5.92 Å². The fraction of sp³-hybridized carbons (Fsp3) is 0.400. The molecule has 0 saturated heterocycles. The van der Waals surface area contributed by atoms with Crippen molar-refractivity contribution in [1.29, 1.82) is 5.26 Å². The van der Waals surface area contributed by atoms with Crippen LogP contribution in [-0.2, 0) is 6.54 Å². The van der Waals surface area contributed by atoms with Gasteiger partial charge < -0.3 is 5.32 Å². The standard InChI is InChI=1S/C16H20N2.C9H12/c1-12-6-3-4-7-15(12)11-18-13(2)16-9-5-8-14(16)10-17;1-8(2)9-6-4-3-5-7-9/h3-4,6-7,14,16,18H,2,5,8-9,11H2,1H3;3-8H,1-2H3. The minimum Gasteiger partial charge on any atom is -0.384 e. The highest BCUT2D eigenvalue weighted by Gasteiger charge is 2.29. The molecule has 2 nitrogen and oxygen atoms in total. The predicted octanol–water partition coefficient (Wildman–Crippen LogP) is 6.35.